The van der Waals surface area contributed by atoms with Gasteiger partial charge in [-0.15, -0.1) is 0 Å². The molecular weight excluding hydrogens is 266 g/mol. The van der Waals surface area contributed by atoms with Gasteiger partial charge in [-0.1, -0.05) is 26.8 Å². The van der Waals surface area contributed by atoms with Gasteiger partial charge in [-0.05, 0) is 37.0 Å². The predicted molar refractivity (Wildman–Crippen MR) is 86.1 cm³/mol. The largest absolute Gasteiger partial charge is 0.493 e. The molecule has 2 N–H and O–H groups in total. The summed E-state index contributed by atoms with van der Waals surface area (Å²) in [5, 5.41) is 13.9. The van der Waals surface area contributed by atoms with E-state index in [0.29, 0.717) is 6.54 Å². The van der Waals surface area contributed by atoms with Crippen LogP contribution in [0.5, 0.6) is 11.5 Å². The van der Waals surface area contributed by atoms with Gasteiger partial charge in [0, 0.05) is 12.6 Å². The van der Waals surface area contributed by atoms with Crippen molar-refractivity contribution in [1.82, 2.24) is 5.32 Å². The average Bonchev–Trinajstić information content (AvgIpc) is 2.54. The van der Waals surface area contributed by atoms with E-state index < -0.39 is 5.60 Å². The summed E-state index contributed by atoms with van der Waals surface area (Å²) in [7, 11) is 3.28. The Balaban J connectivity index is 2.85. The number of rotatable bonds is 9. The number of hydrogen-bond acceptors (Lipinski definition) is 4. The van der Waals surface area contributed by atoms with E-state index in [-0.39, 0.29) is 6.04 Å². The van der Waals surface area contributed by atoms with Gasteiger partial charge in [0.15, 0.2) is 11.5 Å². The molecule has 0 aliphatic heterocycles. The van der Waals surface area contributed by atoms with Crippen molar-refractivity contribution < 1.29 is 14.6 Å². The van der Waals surface area contributed by atoms with Crippen LogP contribution in [0.2, 0.25) is 0 Å². The van der Waals surface area contributed by atoms with Gasteiger partial charge < -0.3 is 19.9 Å². The fourth-order valence-corrected chi connectivity index (χ4v) is 2.38. The normalized spacial score (nSPS) is 13.0. The molecule has 1 unspecified atom stereocenters. The van der Waals surface area contributed by atoms with Gasteiger partial charge in [0.05, 0.1) is 19.8 Å². The molecule has 0 bridgehead atoms. The molecule has 4 heteroatoms. The zero-order valence-electron chi connectivity index (χ0n) is 13.9. The maximum absolute atomic E-state index is 10.4. The molecule has 0 spiro atoms. The fourth-order valence-electron chi connectivity index (χ4n) is 2.38. The Morgan fingerprint density at radius 1 is 1.10 bits per heavy atom. The van der Waals surface area contributed by atoms with E-state index in [1.54, 1.807) is 14.2 Å². The van der Waals surface area contributed by atoms with Gasteiger partial charge in [-0.3, -0.25) is 0 Å². The van der Waals surface area contributed by atoms with Crippen molar-refractivity contribution >= 4 is 0 Å². The van der Waals surface area contributed by atoms with Crippen LogP contribution in [0.1, 0.15) is 51.6 Å². The van der Waals surface area contributed by atoms with Crippen LogP contribution in [0, 0.1) is 0 Å². The van der Waals surface area contributed by atoms with Crippen LogP contribution in [-0.2, 0) is 0 Å². The lowest BCUT2D eigenvalue weighted by Crippen LogP contribution is -2.40. The van der Waals surface area contributed by atoms with Crippen LogP contribution in [0.25, 0.3) is 0 Å². The Hall–Kier alpha value is -1.26. The van der Waals surface area contributed by atoms with Gasteiger partial charge in [0.2, 0.25) is 0 Å². The molecule has 0 saturated heterocycles. The number of benzene rings is 1. The zero-order valence-corrected chi connectivity index (χ0v) is 13.9. The highest BCUT2D eigenvalue weighted by Crippen LogP contribution is 2.31. The Morgan fingerprint density at radius 3 is 2.19 bits per heavy atom. The summed E-state index contributed by atoms with van der Waals surface area (Å²) in [5.41, 5.74) is 0.508. The predicted octanol–water partition coefficient (Wildman–Crippen LogP) is 3.30. The van der Waals surface area contributed by atoms with Gasteiger partial charge in [-0.25, -0.2) is 0 Å². The standard InChI is InChI=1S/C17H29NO3/c1-6-14(18-12-17(19,7-2)8-3)13-9-10-15(20-4)16(11-13)21-5/h9-11,14,18-19H,6-8,12H2,1-5H3. The molecule has 21 heavy (non-hydrogen) atoms. The van der Waals surface area contributed by atoms with Crippen molar-refractivity contribution in [3.63, 3.8) is 0 Å². The van der Waals surface area contributed by atoms with Gasteiger partial charge >= 0.3 is 0 Å². The summed E-state index contributed by atoms with van der Waals surface area (Å²) in [5.74, 6) is 1.46. The summed E-state index contributed by atoms with van der Waals surface area (Å²) in [6, 6.07) is 6.15. The van der Waals surface area contributed by atoms with E-state index in [4.69, 9.17) is 9.47 Å². The average molecular weight is 295 g/mol. The first-order valence-electron chi connectivity index (χ1n) is 7.71. The highest BCUT2D eigenvalue weighted by atomic mass is 16.5. The van der Waals surface area contributed by atoms with Crippen molar-refractivity contribution in [2.75, 3.05) is 20.8 Å². The van der Waals surface area contributed by atoms with E-state index in [1.807, 2.05) is 32.0 Å². The molecule has 0 aliphatic rings. The van der Waals surface area contributed by atoms with Gasteiger partial charge in [0.1, 0.15) is 0 Å². The second-order valence-electron chi connectivity index (χ2n) is 5.39. The number of hydrogen-bond donors (Lipinski definition) is 2. The Morgan fingerprint density at radius 2 is 1.71 bits per heavy atom. The smallest absolute Gasteiger partial charge is 0.161 e. The van der Waals surface area contributed by atoms with Crippen molar-refractivity contribution in [2.45, 2.75) is 51.7 Å². The molecule has 0 radical (unpaired) electrons. The zero-order chi connectivity index (χ0) is 15.9. The number of aliphatic hydroxyl groups is 1. The molecule has 0 heterocycles. The molecule has 0 fully saturated rings. The molecule has 0 saturated carbocycles. The first-order valence-corrected chi connectivity index (χ1v) is 7.71. The summed E-state index contributed by atoms with van der Waals surface area (Å²) >= 11 is 0. The molecule has 0 amide bonds. The topological polar surface area (TPSA) is 50.7 Å². The summed E-state index contributed by atoms with van der Waals surface area (Å²) < 4.78 is 10.6. The Labute approximate surface area is 128 Å². The molecule has 0 aromatic heterocycles. The first kappa shape index (κ1) is 17.8. The fraction of sp³-hybridized carbons (Fsp3) is 0.647. The number of nitrogens with one attached hydrogen (secondary N) is 1. The van der Waals surface area contributed by atoms with Gasteiger partial charge in [-0.2, -0.15) is 0 Å². The molecule has 1 rings (SSSR count). The highest BCUT2D eigenvalue weighted by molar-refractivity contribution is 5.43. The first-order chi connectivity index (χ1) is 10.0. The third-order valence-electron chi connectivity index (χ3n) is 4.21. The van der Waals surface area contributed by atoms with E-state index in [0.717, 1.165) is 36.3 Å². The lowest BCUT2D eigenvalue weighted by molar-refractivity contribution is 0.0297. The second kappa shape index (κ2) is 8.25. The molecular formula is C17H29NO3. The number of methoxy groups -OCH3 is 2. The molecule has 0 aliphatic carbocycles. The Kier molecular flexibility index (Phi) is 6.99. The van der Waals surface area contributed by atoms with E-state index >= 15 is 0 Å². The summed E-state index contributed by atoms with van der Waals surface area (Å²) in [6.45, 7) is 6.75. The van der Waals surface area contributed by atoms with Crippen LogP contribution in [0.15, 0.2) is 18.2 Å². The van der Waals surface area contributed by atoms with E-state index in [9.17, 15) is 5.11 Å². The lowest BCUT2D eigenvalue weighted by Gasteiger charge is -2.29. The summed E-state index contributed by atoms with van der Waals surface area (Å²) in [4.78, 5) is 0. The monoisotopic (exact) mass is 295 g/mol. The maximum Gasteiger partial charge on any atom is 0.161 e. The highest BCUT2D eigenvalue weighted by Gasteiger charge is 2.23. The minimum atomic E-state index is -0.635. The van der Waals surface area contributed by atoms with Crippen LogP contribution in [-0.4, -0.2) is 31.5 Å². The third kappa shape index (κ3) is 4.61. The van der Waals surface area contributed by atoms with Crippen molar-refractivity contribution in [3.05, 3.63) is 23.8 Å². The molecule has 1 atom stereocenters. The molecule has 1 aromatic carbocycles. The number of ether oxygens (including phenoxy) is 2. The van der Waals surface area contributed by atoms with Crippen LogP contribution in [0.3, 0.4) is 0 Å². The van der Waals surface area contributed by atoms with Crippen molar-refractivity contribution in [2.24, 2.45) is 0 Å². The van der Waals surface area contributed by atoms with Crippen LogP contribution >= 0.6 is 0 Å². The second-order valence-corrected chi connectivity index (χ2v) is 5.39. The van der Waals surface area contributed by atoms with Crippen molar-refractivity contribution in [3.8, 4) is 11.5 Å². The molecule has 120 valence electrons. The minimum Gasteiger partial charge on any atom is -0.493 e. The van der Waals surface area contributed by atoms with E-state index in [2.05, 4.69) is 12.2 Å². The third-order valence-corrected chi connectivity index (χ3v) is 4.21. The Bertz CT molecular complexity index is 430. The maximum atomic E-state index is 10.4. The van der Waals surface area contributed by atoms with Crippen LogP contribution < -0.4 is 14.8 Å². The van der Waals surface area contributed by atoms with Gasteiger partial charge in [0.25, 0.3) is 0 Å². The molecule has 1 aromatic rings. The quantitative estimate of drug-likeness (QED) is 0.734. The lowest BCUT2D eigenvalue weighted by atomic mass is 9.96. The van der Waals surface area contributed by atoms with Crippen molar-refractivity contribution in [1.29, 1.82) is 0 Å². The minimum absolute atomic E-state index is 0.189. The molecule has 4 nitrogen and oxygen atoms in total. The SMILES string of the molecule is CCC(NCC(O)(CC)CC)c1ccc(OC)c(OC)c1. The van der Waals surface area contributed by atoms with E-state index in [1.165, 1.54) is 0 Å². The van der Waals surface area contributed by atoms with Crippen LogP contribution in [0.4, 0.5) is 0 Å². The summed E-state index contributed by atoms with van der Waals surface area (Å²) in [6.07, 6.45) is 2.44.